The van der Waals surface area contributed by atoms with Gasteiger partial charge in [-0.2, -0.15) is 0 Å². The number of esters is 1. The first kappa shape index (κ1) is 18.4. The van der Waals surface area contributed by atoms with Gasteiger partial charge >= 0.3 is 5.97 Å². The van der Waals surface area contributed by atoms with Crippen LogP contribution in [0.4, 0.5) is 0 Å². The molecule has 1 heterocycles. The van der Waals surface area contributed by atoms with E-state index in [2.05, 4.69) is 4.98 Å². The Kier molecular flexibility index (Phi) is 5.91. The number of Topliss-reactive ketones (excluding diaryl/α,β-unsaturated/α-hetero) is 1. The molecule has 0 fully saturated rings. The molecule has 128 valence electrons. The summed E-state index contributed by atoms with van der Waals surface area (Å²) < 4.78 is 10.5. The lowest BCUT2D eigenvalue weighted by atomic mass is 10.1. The molecule has 0 saturated heterocycles. The van der Waals surface area contributed by atoms with Gasteiger partial charge in [-0.1, -0.05) is 23.2 Å². The van der Waals surface area contributed by atoms with Gasteiger partial charge in [0.25, 0.3) is 0 Å². The van der Waals surface area contributed by atoms with E-state index in [0.29, 0.717) is 27.2 Å². The van der Waals surface area contributed by atoms with E-state index >= 15 is 0 Å². The number of nitrogens with one attached hydrogen (secondary N) is 1. The zero-order valence-electron chi connectivity index (χ0n) is 13.5. The van der Waals surface area contributed by atoms with Crippen molar-refractivity contribution in [3.63, 3.8) is 0 Å². The van der Waals surface area contributed by atoms with Crippen molar-refractivity contribution in [1.82, 2.24) is 4.98 Å². The number of aromatic amines is 1. The number of ketones is 1. The van der Waals surface area contributed by atoms with E-state index in [-0.39, 0.29) is 30.1 Å². The van der Waals surface area contributed by atoms with E-state index in [1.165, 1.54) is 6.07 Å². The summed E-state index contributed by atoms with van der Waals surface area (Å²) in [6.45, 7) is 5.12. The Morgan fingerprint density at radius 3 is 2.42 bits per heavy atom. The van der Waals surface area contributed by atoms with Crippen LogP contribution in [0, 0.1) is 13.8 Å². The third-order valence-electron chi connectivity index (χ3n) is 3.39. The number of ether oxygens (including phenoxy) is 2. The number of H-pyrrole nitrogens is 1. The Morgan fingerprint density at radius 2 is 1.79 bits per heavy atom. The van der Waals surface area contributed by atoms with Crippen LogP contribution in [0.2, 0.25) is 10.0 Å². The highest BCUT2D eigenvalue weighted by atomic mass is 35.5. The Labute approximate surface area is 149 Å². The van der Waals surface area contributed by atoms with Crippen molar-refractivity contribution < 1.29 is 19.1 Å². The van der Waals surface area contributed by atoms with Crippen LogP contribution in [0.1, 0.15) is 39.0 Å². The molecule has 0 aliphatic carbocycles. The lowest BCUT2D eigenvalue weighted by Crippen LogP contribution is -2.17. The number of halogens is 2. The molecule has 5 nitrogen and oxygen atoms in total. The van der Waals surface area contributed by atoms with E-state index in [9.17, 15) is 9.59 Å². The maximum Gasteiger partial charge on any atom is 0.340 e. The third-order valence-corrected chi connectivity index (χ3v) is 3.92. The van der Waals surface area contributed by atoms with Crippen LogP contribution >= 0.6 is 23.2 Å². The fourth-order valence-corrected chi connectivity index (χ4v) is 2.86. The molecule has 2 aromatic rings. The topological polar surface area (TPSA) is 68.4 Å². The molecule has 0 radical (unpaired) electrons. The summed E-state index contributed by atoms with van der Waals surface area (Å²) >= 11 is 11.8. The van der Waals surface area contributed by atoms with Gasteiger partial charge in [-0.25, -0.2) is 4.79 Å². The Bertz CT molecular complexity index is 783. The second-order valence-corrected chi connectivity index (χ2v) is 5.98. The van der Waals surface area contributed by atoms with Crippen molar-refractivity contribution in [2.75, 3.05) is 13.2 Å². The standard InChI is InChI=1S/C17H17Cl2NO4/c1-4-23-17(22)16-10(3)20-9(2)15(16)13(21)8-24-14-6-5-11(18)7-12(14)19/h5-7,20H,4,8H2,1-3H3. The average molecular weight is 370 g/mol. The molecule has 0 aliphatic heterocycles. The van der Waals surface area contributed by atoms with Crippen molar-refractivity contribution in [3.05, 3.63) is 50.8 Å². The smallest absolute Gasteiger partial charge is 0.340 e. The van der Waals surface area contributed by atoms with Crippen LogP contribution in [0.5, 0.6) is 5.75 Å². The SMILES string of the molecule is CCOC(=O)c1c(C)[nH]c(C)c1C(=O)COc1ccc(Cl)cc1Cl. The first-order valence-corrected chi connectivity index (χ1v) is 8.08. The van der Waals surface area contributed by atoms with E-state index < -0.39 is 5.97 Å². The lowest BCUT2D eigenvalue weighted by Gasteiger charge is -2.09. The Hall–Kier alpha value is -1.98. The fraction of sp³-hybridized carbons (Fsp3) is 0.294. The molecule has 24 heavy (non-hydrogen) atoms. The molecule has 0 bridgehead atoms. The normalized spacial score (nSPS) is 10.5. The molecule has 1 N–H and O–H groups in total. The number of carbonyl (C=O) groups is 2. The summed E-state index contributed by atoms with van der Waals surface area (Å²) in [6, 6.07) is 4.72. The van der Waals surface area contributed by atoms with Crippen LogP contribution in [0.15, 0.2) is 18.2 Å². The average Bonchev–Trinajstić information content (AvgIpc) is 2.80. The van der Waals surface area contributed by atoms with Crippen LogP contribution in [0.3, 0.4) is 0 Å². The minimum Gasteiger partial charge on any atom is -0.484 e. The zero-order valence-corrected chi connectivity index (χ0v) is 15.0. The first-order chi connectivity index (χ1) is 11.3. The van der Waals surface area contributed by atoms with Gasteiger partial charge in [0.2, 0.25) is 5.78 Å². The lowest BCUT2D eigenvalue weighted by molar-refractivity contribution is 0.0522. The first-order valence-electron chi connectivity index (χ1n) is 7.32. The molecule has 0 spiro atoms. The Morgan fingerprint density at radius 1 is 1.12 bits per heavy atom. The second-order valence-electron chi connectivity index (χ2n) is 5.13. The van der Waals surface area contributed by atoms with Gasteiger partial charge in [0, 0.05) is 16.4 Å². The molecule has 1 aromatic carbocycles. The van der Waals surface area contributed by atoms with Crippen LogP contribution < -0.4 is 4.74 Å². The summed E-state index contributed by atoms with van der Waals surface area (Å²) in [5.41, 5.74) is 1.69. The van der Waals surface area contributed by atoms with E-state index in [1.54, 1.807) is 32.9 Å². The maximum atomic E-state index is 12.5. The summed E-state index contributed by atoms with van der Waals surface area (Å²) in [6.07, 6.45) is 0. The summed E-state index contributed by atoms with van der Waals surface area (Å²) in [5, 5.41) is 0.781. The van der Waals surface area contributed by atoms with Crippen molar-refractivity contribution in [3.8, 4) is 5.75 Å². The monoisotopic (exact) mass is 369 g/mol. The number of aromatic nitrogens is 1. The summed E-state index contributed by atoms with van der Waals surface area (Å²) in [7, 11) is 0. The van der Waals surface area contributed by atoms with Gasteiger partial charge in [-0.15, -0.1) is 0 Å². The van der Waals surface area contributed by atoms with Gasteiger partial charge in [-0.3, -0.25) is 4.79 Å². The van der Waals surface area contributed by atoms with Crippen molar-refractivity contribution in [2.24, 2.45) is 0 Å². The van der Waals surface area contributed by atoms with Crippen LogP contribution in [-0.2, 0) is 4.74 Å². The number of aryl methyl sites for hydroxylation is 2. The number of hydrogen-bond donors (Lipinski definition) is 1. The second kappa shape index (κ2) is 7.73. The molecule has 7 heteroatoms. The van der Waals surface area contributed by atoms with Gasteiger partial charge in [0.15, 0.2) is 6.61 Å². The molecule has 0 saturated carbocycles. The molecule has 0 amide bonds. The predicted octanol–water partition coefficient (Wildman–Crippen LogP) is 4.38. The number of benzene rings is 1. The van der Waals surface area contributed by atoms with Crippen molar-refractivity contribution in [2.45, 2.75) is 20.8 Å². The van der Waals surface area contributed by atoms with Gasteiger partial charge in [0.1, 0.15) is 5.75 Å². The number of carbonyl (C=O) groups excluding carboxylic acids is 2. The highest BCUT2D eigenvalue weighted by molar-refractivity contribution is 6.35. The largest absolute Gasteiger partial charge is 0.484 e. The highest BCUT2D eigenvalue weighted by Gasteiger charge is 2.25. The molecular formula is C17H17Cl2NO4. The fourth-order valence-electron chi connectivity index (χ4n) is 2.40. The van der Waals surface area contributed by atoms with Crippen LogP contribution in [-0.4, -0.2) is 30.0 Å². The third kappa shape index (κ3) is 3.91. The van der Waals surface area contributed by atoms with E-state index in [4.69, 9.17) is 32.7 Å². The molecular weight excluding hydrogens is 353 g/mol. The van der Waals surface area contributed by atoms with E-state index in [1.807, 2.05) is 0 Å². The minimum absolute atomic E-state index is 0.229. The molecule has 0 unspecified atom stereocenters. The van der Waals surface area contributed by atoms with E-state index in [0.717, 1.165) is 0 Å². The quantitative estimate of drug-likeness (QED) is 0.605. The Balaban J connectivity index is 2.22. The molecule has 0 aliphatic rings. The summed E-state index contributed by atoms with van der Waals surface area (Å²) in [5.74, 6) is -0.532. The van der Waals surface area contributed by atoms with Gasteiger partial charge in [-0.05, 0) is 39.0 Å². The van der Waals surface area contributed by atoms with Crippen LogP contribution in [0.25, 0.3) is 0 Å². The van der Waals surface area contributed by atoms with Crippen molar-refractivity contribution in [1.29, 1.82) is 0 Å². The van der Waals surface area contributed by atoms with Crippen molar-refractivity contribution >= 4 is 35.0 Å². The molecule has 2 rings (SSSR count). The maximum absolute atomic E-state index is 12.5. The summed E-state index contributed by atoms with van der Waals surface area (Å²) in [4.78, 5) is 27.6. The van der Waals surface area contributed by atoms with Gasteiger partial charge < -0.3 is 14.5 Å². The minimum atomic E-state index is -0.535. The highest BCUT2D eigenvalue weighted by Crippen LogP contribution is 2.28. The predicted molar refractivity (Wildman–Crippen MR) is 92.5 cm³/mol. The number of rotatable bonds is 6. The van der Waals surface area contributed by atoms with Gasteiger partial charge in [0.05, 0.1) is 22.8 Å². The number of hydrogen-bond acceptors (Lipinski definition) is 4. The molecule has 0 atom stereocenters. The molecule has 1 aromatic heterocycles. The zero-order chi connectivity index (χ0) is 17.9.